The molecule has 0 saturated carbocycles. The molecule has 0 fully saturated rings. The average Bonchev–Trinajstić information content (AvgIpc) is 3.27. The SMILES string of the molecule is Clc1ccccc1COc1ccc2ccccc2c1CNCc1ccc2c(c1)OCO2.[Cl-]. The second kappa shape index (κ2) is 10.1. The molecule has 4 aromatic rings. The molecule has 6 heteroatoms. The fourth-order valence-corrected chi connectivity index (χ4v) is 3.98. The lowest BCUT2D eigenvalue weighted by atomic mass is 10.0. The van der Waals surface area contributed by atoms with E-state index in [4.69, 9.17) is 25.8 Å². The smallest absolute Gasteiger partial charge is 0.231 e. The summed E-state index contributed by atoms with van der Waals surface area (Å²) in [6, 6.07) is 26.3. The lowest BCUT2D eigenvalue weighted by Crippen LogP contribution is -3.00. The van der Waals surface area contributed by atoms with Crippen LogP contribution in [-0.2, 0) is 19.7 Å². The van der Waals surface area contributed by atoms with E-state index in [2.05, 4.69) is 41.7 Å². The Morgan fingerprint density at radius 1 is 0.844 bits per heavy atom. The van der Waals surface area contributed by atoms with Gasteiger partial charge in [0.25, 0.3) is 0 Å². The maximum absolute atomic E-state index is 6.31. The van der Waals surface area contributed by atoms with Crippen LogP contribution in [0, 0.1) is 0 Å². The van der Waals surface area contributed by atoms with Crippen LogP contribution in [0.15, 0.2) is 78.9 Å². The van der Waals surface area contributed by atoms with Gasteiger partial charge in [0.1, 0.15) is 12.4 Å². The average molecular weight is 467 g/mol. The molecule has 0 radical (unpaired) electrons. The highest BCUT2D eigenvalue weighted by atomic mass is 35.5. The third-order valence-corrected chi connectivity index (χ3v) is 5.78. The largest absolute Gasteiger partial charge is 1.00 e. The Labute approximate surface area is 198 Å². The zero-order chi connectivity index (χ0) is 21.0. The molecule has 0 bridgehead atoms. The third-order valence-electron chi connectivity index (χ3n) is 5.41. The van der Waals surface area contributed by atoms with E-state index in [1.807, 2.05) is 42.5 Å². The van der Waals surface area contributed by atoms with Crippen molar-refractivity contribution in [1.82, 2.24) is 5.32 Å². The molecule has 5 rings (SSSR count). The van der Waals surface area contributed by atoms with Gasteiger partial charge in [-0.2, -0.15) is 0 Å². The first-order valence-electron chi connectivity index (χ1n) is 10.2. The molecule has 0 spiro atoms. The van der Waals surface area contributed by atoms with E-state index in [0.717, 1.165) is 33.9 Å². The van der Waals surface area contributed by atoms with Crippen molar-refractivity contribution in [2.24, 2.45) is 0 Å². The van der Waals surface area contributed by atoms with Gasteiger partial charge in [-0.25, -0.2) is 0 Å². The van der Waals surface area contributed by atoms with Gasteiger partial charge in [0.15, 0.2) is 11.5 Å². The van der Waals surface area contributed by atoms with E-state index in [1.54, 1.807) is 0 Å². The van der Waals surface area contributed by atoms with Crippen LogP contribution in [0.25, 0.3) is 10.8 Å². The van der Waals surface area contributed by atoms with Crippen LogP contribution in [0.1, 0.15) is 16.7 Å². The van der Waals surface area contributed by atoms with Crippen LogP contribution in [0.3, 0.4) is 0 Å². The Hall–Kier alpha value is -2.92. The highest BCUT2D eigenvalue weighted by Crippen LogP contribution is 2.33. The highest BCUT2D eigenvalue weighted by Gasteiger charge is 2.14. The van der Waals surface area contributed by atoms with E-state index in [9.17, 15) is 0 Å². The first-order chi connectivity index (χ1) is 15.3. The van der Waals surface area contributed by atoms with Crippen molar-refractivity contribution in [3.05, 3.63) is 101 Å². The summed E-state index contributed by atoms with van der Waals surface area (Å²) < 4.78 is 17.1. The molecule has 32 heavy (non-hydrogen) atoms. The molecule has 0 saturated heterocycles. The zero-order valence-electron chi connectivity index (χ0n) is 17.3. The van der Waals surface area contributed by atoms with Gasteiger partial charge in [-0.1, -0.05) is 66.2 Å². The molecular weight excluding hydrogens is 445 g/mol. The zero-order valence-corrected chi connectivity index (χ0v) is 18.8. The molecule has 4 aromatic carbocycles. The number of ether oxygens (including phenoxy) is 3. The van der Waals surface area contributed by atoms with Crippen molar-refractivity contribution in [2.45, 2.75) is 19.7 Å². The second-order valence-electron chi connectivity index (χ2n) is 7.43. The van der Waals surface area contributed by atoms with Gasteiger partial charge in [-0.15, -0.1) is 0 Å². The fourth-order valence-electron chi connectivity index (χ4n) is 3.79. The highest BCUT2D eigenvalue weighted by molar-refractivity contribution is 6.31. The van der Waals surface area contributed by atoms with Gasteiger partial charge >= 0.3 is 0 Å². The summed E-state index contributed by atoms with van der Waals surface area (Å²) in [7, 11) is 0. The fraction of sp³-hybridized carbons (Fsp3) is 0.154. The van der Waals surface area contributed by atoms with Crippen LogP contribution in [0.2, 0.25) is 5.02 Å². The summed E-state index contributed by atoms with van der Waals surface area (Å²) in [5.41, 5.74) is 3.24. The molecule has 1 heterocycles. The summed E-state index contributed by atoms with van der Waals surface area (Å²) >= 11 is 6.31. The summed E-state index contributed by atoms with van der Waals surface area (Å²) in [5, 5.41) is 6.63. The normalized spacial score (nSPS) is 11.9. The summed E-state index contributed by atoms with van der Waals surface area (Å²) in [5.74, 6) is 2.46. The minimum Gasteiger partial charge on any atom is -1.00 e. The van der Waals surface area contributed by atoms with E-state index in [1.165, 1.54) is 10.8 Å². The molecule has 0 atom stereocenters. The summed E-state index contributed by atoms with van der Waals surface area (Å²) in [4.78, 5) is 0. The van der Waals surface area contributed by atoms with Crippen molar-refractivity contribution in [3.63, 3.8) is 0 Å². The van der Waals surface area contributed by atoms with E-state index < -0.39 is 0 Å². The van der Waals surface area contributed by atoms with Crippen molar-refractivity contribution < 1.29 is 26.6 Å². The maximum atomic E-state index is 6.31. The van der Waals surface area contributed by atoms with Crippen molar-refractivity contribution in [3.8, 4) is 17.2 Å². The minimum atomic E-state index is 0. The Balaban J connectivity index is 0.00000245. The molecule has 4 nitrogen and oxygen atoms in total. The second-order valence-corrected chi connectivity index (χ2v) is 7.84. The van der Waals surface area contributed by atoms with Crippen LogP contribution < -0.4 is 31.9 Å². The Kier molecular flexibility index (Phi) is 7.05. The van der Waals surface area contributed by atoms with Crippen molar-refractivity contribution in [1.29, 1.82) is 0 Å². The van der Waals surface area contributed by atoms with Gasteiger partial charge in [0.05, 0.1) is 0 Å². The number of hydrogen-bond acceptors (Lipinski definition) is 4. The first kappa shape index (κ1) is 22.3. The lowest BCUT2D eigenvalue weighted by molar-refractivity contribution is -0.00000789. The van der Waals surface area contributed by atoms with Gasteiger partial charge in [-0.3, -0.25) is 0 Å². The predicted octanol–water partition coefficient (Wildman–Crippen LogP) is 3.09. The number of hydrogen-bond donors (Lipinski definition) is 1. The molecule has 1 N–H and O–H groups in total. The van der Waals surface area contributed by atoms with Crippen LogP contribution in [0.4, 0.5) is 0 Å². The summed E-state index contributed by atoms with van der Waals surface area (Å²) in [6.45, 7) is 2.10. The molecule has 0 unspecified atom stereocenters. The molecule has 164 valence electrons. The predicted molar refractivity (Wildman–Crippen MR) is 123 cm³/mol. The molecule has 1 aliphatic rings. The van der Waals surface area contributed by atoms with Crippen LogP contribution in [0.5, 0.6) is 17.2 Å². The van der Waals surface area contributed by atoms with E-state index >= 15 is 0 Å². The lowest BCUT2D eigenvalue weighted by Gasteiger charge is -2.16. The monoisotopic (exact) mass is 466 g/mol. The Morgan fingerprint density at radius 2 is 1.66 bits per heavy atom. The Bertz CT molecular complexity index is 1230. The quantitative estimate of drug-likeness (QED) is 0.454. The maximum Gasteiger partial charge on any atom is 0.231 e. The van der Waals surface area contributed by atoms with Gasteiger partial charge < -0.3 is 31.9 Å². The molecule has 0 aromatic heterocycles. The van der Waals surface area contributed by atoms with Gasteiger partial charge in [0.2, 0.25) is 6.79 Å². The number of rotatable bonds is 7. The van der Waals surface area contributed by atoms with E-state index in [-0.39, 0.29) is 19.2 Å². The first-order valence-corrected chi connectivity index (χ1v) is 10.6. The molecule has 0 aliphatic carbocycles. The van der Waals surface area contributed by atoms with Crippen molar-refractivity contribution in [2.75, 3.05) is 6.79 Å². The van der Waals surface area contributed by atoms with Crippen molar-refractivity contribution >= 4 is 22.4 Å². The number of nitrogens with one attached hydrogen (secondary N) is 1. The molecular formula is C26H22Cl2NO3-. The molecule has 1 aliphatic heterocycles. The summed E-state index contributed by atoms with van der Waals surface area (Å²) in [6.07, 6.45) is 0. The van der Waals surface area contributed by atoms with Gasteiger partial charge in [-0.05, 0) is 40.6 Å². The number of benzene rings is 4. The standard InChI is InChI=1S/C26H22ClNO3.ClH/c27-23-8-4-2-6-20(23)16-29-24-12-10-19-5-1-3-7-21(19)22(24)15-28-14-18-9-11-25-26(13-18)31-17-30-25;/h1-13,28H,14-17H2;1H/p-1. The third kappa shape index (κ3) is 4.78. The van der Waals surface area contributed by atoms with Crippen LogP contribution in [-0.4, -0.2) is 6.79 Å². The van der Waals surface area contributed by atoms with E-state index in [0.29, 0.717) is 24.7 Å². The number of fused-ring (bicyclic) bond motifs is 2. The molecule has 0 amide bonds. The van der Waals surface area contributed by atoms with Crippen LogP contribution >= 0.6 is 11.6 Å². The topological polar surface area (TPSA) is 39.7 Å². The Morgan fingerprint density at radius 3 is 2.56 bits per heavy atom. The minimum absolute atomic E-state index is 0. The van der Waals surface area contributed by atoms with Gasteiger partial charge in [0, 0.05) is 29.2 Å². The number of halogens is 2.